The quantitative estimate of drug-likeness (QED) is 0.618. The number of carboxylic acid groups (broad SMARTS) is 1. The molecule has 1 aliphatic carbocycles. The number of rotatable bonds is 8. The smallest absolute Gasteiger partial charge is 0.308 e. The first-order valence-electron chi connectivity index (χ1n) is 9.81. The van der Waals surface area contributed by atoms with E-state index in [0.29, 0.717) is 17.9 Å². The van der Waals surface area contributed by atoms with Gasteiger partial charge in [-0.05, 0) is 37.0 Å². The zero-order valence-corrected chi connectivity index (χ0v) is 16.0. The minimum atomic E-state index is -0.920. The predicted molar refractivity (Wildman–Crippen MR) is 109 cm³/mol. The van der Waals surface area contributed by atoms with E-state index in [-0.39, 0.29) is 12.5 Å². The monoisotopic (exact) mass is 389 g/mol. The first-order chi connectivity index (χ1) is 14.1. The number of aromatic nitrogens is 2. The van der Waals surface area contributed by atoms with E-state index >= 15 is 0 Å². The lowest BCUT2D eigenvalue weighted by molar-refractivity contribution is -0.141. The van der Waals surface area contributed by atoms with Gasteiger partial charge in [-0.3, -0.25) is 9.59 Å². The first-order valence-corrected chi connectivity index (χ1v) is 9.81. The molecule has 1 aromatic heterocycles. The second-order valence-electron chi connectivity index (χ2n) is 7.40. The molecule has 0 radical (unpaired) electrons. The van der Waals surface area contributed by atoms with Crippen LogP contribution < -0.4 is 5.32 Å². The zero-order chi connectivity index (χ0) is 20.2. The highest BCUT2D eigenvalue weighted by Gasteiger charge is 2.33. The summed E-state index contributed by atoms with van der Waals surface area (Å²) in [4.78, 5) is 24.5. The van der Waals surface area contributed by atoms with E-state index in [4.69, 9.17) is 0 Å². The number of amides is 1. The highest BCUT2D eigenvalue weighted by molar-refractivity contribution is 5.95. The Balaban J connectivity index is 1.49. The number of nitrogens with one attached hydrogen (secondary N) is 1. The van der Waals surface area contributed by atoms with Gasteiger partial charge in [0.25, 0.3) is 5.91 Å². The van der Waals surface area contributed by atoms with Crippen molar-refractivity contribution in [2.45, 2.75) is 25.2 Å². The predicted octanol–water partition coefficient (Wildman–Crippen LogP) is 3.42. The summed E-state index contributed by atoms with van der Waals surface area (Å²) in [6, 6.07) is 19.2. The second kappa shape index (κ2) is 8.31. The number of carboxylic acids is 1. The van der Waals surface area contributed by atoms with Crippen molar-refractivity contribution in [3.63, 3.8) is 0 Å². The lowest BCUT2D eigenvalue weighted by atomic mass is 9.99. The second-order valence-corrected chi connectivity index (χ2v) is 7.40. The van der Waals surface area contributed by atoms with E-state index in [1.54, 1.807) is 6.20 Å². The molecule has 0 aliphatic heterocycles. The van der Waals surface area contributed by atoms with Crippen molar-refractivity contribution in [2.75, 3.05) is 6.54 Å². The molecule has 1 amide bonds. The van der Waals surface area contributed by atoms with Crippen LogP contribution >= 0.6 is 0 Å². The third-order valence-electron chi connectivity index (χ3n) is 5.20. The van der Waals surface area contributed by atoms with Gasteiger partial charge in [0.2, 0.25) is 0 Å². The number of carbonyl (C=O) groups is 2. The Morgan fingerprint density at radius 3 is 2.34 bits per heavy atom. The number of hydrogen-bond acceptors (Lipinski definition) is 3. The average Bonchev–Trinajstić information content (AvgIpc) is 3.49. The molecule has 4 rings (SSSR count). The van der Waals surface area contributed by atoms with Crippen LogP contribution in [0.5, 0.6) is 0 Å². The van der Waals surface area contributed by atoms with Crippen LogP contribution in [0.2, 0.25) is 0 Å². The average molecular weight is 389 g/mol. The Kier molecular flexibility index (Phi) is 5.42. The third kappa shape index (κ3) is 4.37. The van der Waals surface area contributed by atoms with E-state index in [1.807, 2.05) is 65.3 Å². The van der Waals surface area contributed by atoms with Crippen LogP contribution in [0, 0.1) is 5.92 Å². The van der Waals surface area contributed by atoms with Crippen molar-refractivity contribution in [3.05, 3.63) is 83.7 Å². The summed E-state index contributed by atoms with van der Waals surface area (Å²) in [6.07, 6.45) is 4.02. The van der Waals surface area contributed by atoms with E-state index in [2.05, 4.69) is 10.4 Å². The van der Waals surface area contributed by atoms with E-state index in [0.717, 1.165) is 29.8 Å². The van der Waals surface area contributed by atoms with Crippen molar-refractivity contribution in [1.29, 1.82) is 0 Å². The molecule has 2 N–H and O–H groups in total. The van der Waals surface area contributed by atoms with Gasteiger partial charge in [0.05, 0.1) is 29.1 Å². The molecule has 1 fully saturated rings. The molecule has 148 valence electrons. The van der Waals surface area contributed by atoms with Crippen LogP contribution in [0.1, 0.15) is 40.4 Å². The van der Waals surface area contributed by atoms with Gasteiger partial charge in [-0.25, -0.2) is 4.68 Å². The summed E-state index contributed by atoms with van der Waals surface area (Å²) in [6.45, 7) is 0.0731. The molecule has 1 atom stereocenters. The Morgan fingerprint density at radius 1 is 1.07 bits per heavy atom. The summed E-state index contributed by atoms with van der Waals surface area (Å²) >= 11 is 0. The zero-order valence-electron chi connectivity index (χ0n) is 16.0. The molecule has 1 unspecified atom stereocenters. The van der Waals surface area contributed by atoms with Gasteiger partial charge < -0.3 is 10.4 Å². The lowest BCUT2D eigenvalue weighted by Gasteiger charge is -2.14. The molecule has 0 spiro atoms. The molecule has 6 nitrogen and oxygen atoms in total. The van der Waals surface area contributed by atoms with Crippen LogP contribution in [0.4, 0.5) is 0 Å². The van der Waals surface area contributed by atoms with Gasteiger partial charge in [-0.1, -0.05) is 48.5 Å². The normalized spacial score (nSPS) is 14.3. The SMILES string of the molecule is O=C(NCC(Cc1ccccc1)C(=O)O)c1cnn(-c2ccccc2)c1C1CC1. The Morgan fingerprint density at radius 2 is 1.72 bits per heavy atom. The van der Waals surface area contributed by atoms with Crippen molar-refractivity contribution in [1.82, 2.24) is 15.1 Å². The molecule has 1 aliphatic rings. The highest BCUT2D eigenvalue weighted by atomic mass is 16.4. The van der Waals surface area contributed by atoms with Gasteiger partial charge >= 0.3 is 5.97 Å². The van der Waals surface area contributed by atoms with E-state index < -0.39 is 11.9 Å². The highest BCUT2D eigenvalue weighted by Crippen LogP contribution is 2.42. The first kappa shape index (κ1) is 18.9. The Bertz CT molecular complexity index is 995. The van der Waals surface area contributed by atoms with E-state index in [9.17, 15) is 14.7 Å². The topological polar surface area (TPSA) is 84.2 Å². The molecular weight excluding hydrogens is 366 g/mol. The van der Waals surface area contributed by atoms with Crippen LogP contribution in [-0.4, -0.2) is 33.3 Å². The Labute approximate surface area is 169 Å². The molecule has 2 aromatic carbocycles. The van der Waals surface area contributed by atoms with Gasteiger partial charge in [0, 0.05) is 12.5 Å². The standard InChI is InChI=1S/C23H23N3O3/c27-22(24-14-18(23(28)29)13-16-7-3-1-4-8-16)20-15-25-26(21(20)17-11-12-17)19-9-5-2-6-10-19/h1-10,15,17-18H,11-14H2,(H,24,27)(H,28,29). The lowest BCUT2D eigenvalue weighted by Crippen LogP contribution is -2.34. The number of hydrogen-bond donors (Lipinski definition) is 2. The fourth-order valence-electron chi connectivity index (χ4n) is 3.51. The molecule has 6 heteroatoms. The minimum absolute atomic E-state index is 0.0731. The molecule has 1 heterocycles. The molecule has 3 aromatic rings. The fourth-order valence-corrected chi connectivity index (χ4v) is 3.51. The molecule has 29 heavy (non-hydrogen) atoms. The van der Waals surface area contributed by atoms with Crippen LogP contribution in [-0.2, 0) is 11.2 Å². The maximum absolute atomic E-state index is 12.9. The van der Waals surface area contributed by atoms with Crippen molar-refractivity contribution < 1.29 is 14.7 Å². The number of aliphatic carboxylic acids is 1. The van der Waals surface area contributed by atoms with Gasteiger partial charge in [0.15, 0.2) is 0 Å². The molecule has 1 saturated carbocycles. The molecule has 0 bridgehead atoms. The molecular formula is C23H23N3O3. The van der Waals surface area contributed by atoms with Crippen molar-refractivity contribution in [3.8, 4) is 5.69 Å². The van der Waals surface area contributed by atoms with Gasteiger partial charge in [0.1, 0.15) is 0 Å². The van der Waals surface area contributed by atoms with Crippen LogP contribution in [0.3, 0.4) is 0 Å². The number of benzene rings is 2. The number of para-hydroxylation sites is 1. The Hall–Kier alpha value is -3.41. The van der Waals surface area contributed by atoms with Crippen LogP contribution in [0.15, 0.2) is 66.9 Å². The van der Waals surface area contributed by atoms with Crippen molar-refractivity contribution in [2.24, 2.45) is 5.92 Å². The summed E-state index contributed by atoms with van der Waals surface area (Å²) in [5, 5.41) is 16.8. The molecule has 0 saturated heterocycles. The van der Waals surface area contributed by atoms with Crippen LogP contribution in [0.25, 0.3) is 5.69 Å². The largest absolute Gasteiger partial charge is 0.481 e. The van der Waals surface area contributed by atoms with Crippen molar-refractivity contribution >= 4 is 11.9 Å². The van der Waals surface area contributed by atoms with E-state index in [1.165, 1.54) is 0 Å². The maximum atomic E-state index is 12.9. The van der Waals surface area contributed by atoms with Gasteiger partial charge in [-0.15, -0.1) is 0 Å². The number of nitrogens with zero attached hydrogens (tertiary/aromatic N) is 2. The minimum Gasteiger partial charge on any atom is -0.481 e. The van der Waals surface area contributed by atoms with Gasteiger partial charge in [-0.2, -0.15) is 5.10 Å². The third-order valence-corrected chi connectivity index (χ3v) is 5.20. The summed E-state index contributed by atoms with van der Waals surface area (Å²) in [5.41, 5.74) is 3.29. The summed E-state index contributed by atoms with van der Waals surface area (Å²) in [5.74, 6) is -1.56. The number of carbonyl (C=O) groups excluding carboxylic acids is 1. The maximum Gasteiger partial charge on any atom is 0.308 e. The summed E-state index contributed by atoms with van der Waals surface area (Å²) in [7, 11) is 0. The summed E-state index contributed by atoms with van der Waals surface area (Å²) < 4.78 is 1.82. The fraction of sp³-hybridized carbons (Fsp3) is 0.261.